The molecule has 8 heteroatoms. The van der Waals surface area contributed by atoms with Gasteiger partial charge >= 0.3 is 0 Å². The monoisotopic (exact) mass is 300 g/mol. The third-order valence-corrected chi connectivity index (χ3v) is 4.76. The largest absolute Gasteiger partial charge is 0.497 e. The Hall–Kier alpha value is -1.64. The van der Waals surface area contributed by atoms with Crippen molar-refractivity contribution in [1.29, 1.82) is 0 Å². The summed E-state index contributed by atoms with van der Waals surface area (Å²) in [5.74, 6) is -0.267. The van der Waals surface area contributed by atoms with E-state index in [1.54, 1.807) is 24.3 Å². The molecule has 2 atom stereocenters. The summed E-state index contributed by atoms with van der Waals surface area (Å²) in [6.07, 6.45) is -1.02. The van der Waals surface area contributed by atoms with E-state index < -0.39 is 27.9 Å². The number of carbonyl (C=O) groups excluding carboxylic acids is 1. The third kappa shape index (κ3) is 3.47. The van der Waals surface area contributed by atoms with Crippen molar-refractivity contribution >= 4 is 15.7 Å². The van der Waals surface area contributed by atoms with Crippen molar-refractivity contribution in [3.05, 3.63) is 29.8 Å². The summed E-state index contributed by atoms with van der Waals surface area (Å²) in [7, 11) is -1.72. The van der Waals surface area contributed by atoms with E-state index in [9.17, 15) is 18.3 Å². The molecule has 1 amide bonds. The van der Waals surface area contributed by atoms with Gasteiger partial charge in [0.1, 0.15) is 5.75 Å². The number of rotatable bonds is 4. The highest BCUT2D eigenvalue weighted by molar-refractivity contribution is 7.91. The first-order chi connectivity index (χ1) is 9.41. The van der Waals surface area contributed by atoms with E-state index in [1.807, 2.05) is 0 Å². The summed E-state index contributed by atoms with van der Waals surface area (Å²) in [5, 5.41) is 9.57. The van der Waals surface area contributed by atoms with Crippen molar-refractivity contribution < 1.29 is 23.1 Å². The molecule has 1 saturated heterocycles. The maximum absolute atomic E-state index is 11.8. The van der Waals surface area contributed by atoms with Crippen LogP contribution in [-0.2, 0) is 9.84 Å². The van der Waals surface area contributed by atoms with Crippen molar-refractivity contribution in [2.24, 2.45) is 0 Å². The first kappa shape index (κ1) is 14.8. The average Bonchev–Trinajstić information content (AvgIpc) is 2.69. The topological polar surface area (TPSA) is 105 Å². The minimum Gasteiger partial charge on any atom is -0.497 e. The highest BCUT2D eigenvalue weighted by Crippen LogP contribution is 2.13. The van der Waals surface area contributed by atoms with Crippen LogP contribution in [-0.4, -0.2) is 50.2 Å². The lowest BCUT2D eigenvalue weighted by atomic mass is 10.2. The van der Waals surface area contributed by atoms with Gasteiger partial charge in [-0.2, -0.15) is 0 Å². The molecule has 1 aromatic carbocycles. The molecular formula is C12H16N2O5S. The van der Waals surface area contributed by atoms with E-state index in [-0.39, 0.29) is 11.5 Å². The molecule has 0 saturated carbocycles. The minimum absolute atomic E-state index is 0.197. The second-order valence-electron chi connectivity index (χ2n) is 4.58. The zero-order valence-electron chi connectivity index (χ0n) is 10.9. The number of methoxy groups -OCH3 is 1. The van der Waals surface area contributed by atoms with Crippen LogP contribution in [0.2, 0.25) is 0 Å². The van der Waals surface area contributed by atoms with Gasteiger partial charge in [-0.25, -0.2) is 13.8 Å². The Morgan fingerprint density at radius 3 is 2.45 bits per heavy atom. The third-order valence-electron chi connectivity index (χ3n) is 3.05. The smallest absolute Gasteiger partial charge is 0.265 e. The number of carbonyl (C=O) groups is 1. The van der Waals surface area contributed by atoms with Crippen LogP contribution in [0.5, 0.6) is 5.75 Å². The second-order valence-corrected chi connectivity index (χ2v) is 6.73. The molecule has 1 aliphatic rings. The van der Waals surface area contributed by atoms with Gasteiger partial charge in [-0.3, -0.25) is 10.2 Å². The van der Waals surface area contributed by atoms with Crippen LogP contribution in [0.25, 0.3) is 0 Å². The van der Waals surface area contributed by atoms with Gasteiger partial charge in [0.05, 0.1) is 30.8 Å². The maximum atomic E-state index is 11.8. The Labute approximate surface area is 116 Å². The Morgan fingerprint density at radius 2 is 1.95 bits per heavy atom. The summed E-state index contributed by atoms with van der Waals surface area (Å²) >= 11 is 0. The van der Waals surface area contributed by atoms with Gasteiger partial charge in [0.25, 0.3) is 5.91 Å². The number of nitrogens with one attached hydrogen (secondary N) is 2. The fourth-order valence-corrected chi connectivity index (χ4v) is 3.68. The molecule has 1 heterocycles. The maximum Gasteiger partial charge on any atom is 0.265 e. The number of benzene rings is 1. The quantitative estimate of drug-likeness (QED) is 0.622. The number of aliphatic hydroxyl groups excluding tert-OH is 1. The predicted octanol–water partition coefficient (Wildman–Crippen LogP) is -0.912. The summed E-state index contributed by atoms with van der Waals surface area (Å²) in [5.41, 5.74) is 5.34. The predicted molar refractivity (Wildman–Crippen MR) is 72.0 cm³/mol. The number of amides is 1. The second kappa shape index (κ2) is 5.78. The number of hydrogen-bond donors (Lipinski definition) is 3. The van der Waals surface area contributed by atoms with Crippen molar-refractivity contribution in [2.75, 3.05) is 18.6 Å². The Morgan fingerprint density at radius 1 is 1.30 bits per heavy atom. The summed E-state index contributed by atoms with van der Waals surface area (Å²) in [6, 6.07) is 5.75. The zero-order chi connectivity index (χ0) is 14.8. The first-order valence-electron chi connectivity index (χ1n) is 6.00. The molecule has 0 bridgehead atoms. The van der Waals surface area contributed by atoms with Gasteiger partial charge in [0.15, 0.2) is 9.84 Å². The van der Waals surface area contributed by atoms with Crippen LogP contribution in [0.3, 0.4) is 0 Å². The van der Waals surface area contributed by atoms with Crippen molar-refractivity contribution in [3.63, 3.8) is 0 Å². The Balaban J connectivity index is 1.92. The molecule has 1 aromatic rings. The summed E-state index contributed by atoms with van der Waals surface area (Å²) in [4.78, 5) is 11.8. The Kier molecular flexibility index (Phi) is 4.26. The Bertz CT molecular complexity index is 584. The van der Waals surface area contributed by atoms with E-state index in [4.69, 9.17) is 4.74 Å². The van der Waals surface area contributed by atoms with Gasteiger partial charge in [-0.05, 0) is 24.3 Å². The van der Waals surface area contributed by atoms with Gasteiger partial charge < -0.3 is 9.84 Å². The number of hydrogen-bond acceptors (Lipinski definition) is 6. The fourth-order valence-electron chi connectivity index (χ4n) is 1.94. The SMILES string of the molecule is COc1ccc(C(=O)NN[C@H]2CS(=O)(=O)C[C@@H]2O)cc1. The van der Waals surface area contributed by atoms with Gasteiger partial charge in [0.2, 0.25) is 0 Å². The molecule has 0 spiro atoms. The molecule has 0 aromatic heterocycles. The normalized spacial score (nSPS) is 24.3. The lowest BCUT2D eigenvalue weighted by Crippen LogP contribution is -2.49. The molecule has 3 N–H and O–H groups in total. The molecule has 0 aliphatic carbocycles. The molecule has 0 radical (unpaired) electrons. The first-order valence-corrected chi connectivity index (χ1v) is 7.82. The summed E-state index contributed by atoms with van der Waals surface area (Å²) < 4.78 is 27.6. The standard InChI is InChI=1S/C12H16N2O5S/c1-19-9-4-2-8(3-5-9)12(16)14-13-10-6-20(17,18)7-11(10)15/h2-5,10-11,13,15H,6-7H2,1H3,(H,14,16)/t10-,11-/m0/s1. The highest BCUT2D eigenvalue weighted by Gasteiger charge is 2.36. The van der Waals surface area contributed by atoms with Crippen LogP contribution in [0.4, 0.5) is 0 Å². The van der Waals surface area contributed by atoms with E-state index >= 15 is 0 Å². The molecule has 110 valence electrons. The van der Waals surface area contributed by atoms with E-state index in [0.717, 1.165) is 0 Å². The van der Waals surface area contributed by atoms with Crippen LogP contribution < -0.4 is 15.6 Å². The molecule has 0 unspecified atom stereocenters. The lowest BCUT2D eigenvalue weighted by molar-refractivity contribution is 0.0901. The summed E-state index contributed by atoms with van der Waals surface area (Å²) in [6.45, 7) is 0. The van der Waals surface area contributed by atoms with E-state index in [1.165, 1.54) is 7.11 Å². The molecular weight excluding hydrogens is 284 g/mol. The van der Waals surface area contributed by atoms with Crippen LogP contribution in [0.15, 0.2) is 24.3 Å². The molecule has 20 heavy (non-hydrogen) atoms. The fraction of sp³-hybridized carbons (Fsp3) is 0.417. The number of aliphatic hydroxyl groups is 1. The highest BCUT2D eigenvalue weighted by atomic mass is 32.2. The number of hydrazine groups is 1. The molecule has 1 fully saturated rings. The number of sulfone groups is 1. The minimum atomic E-state index is -3.25. The van der Waals surface area contributed by atoms with Crippen molar-refractivity contribution in [3.8, 4) is 5.75 Å². The lowest BCUT2D eigenvalue weighted by Gasteiger charge is -2.15. The van der Waals surface area contributed by atoms with Crippen LogP contribution >= 0.6 is 0 Å². The zero-order valence-corrected chi connectivity index (χ0v) is 11.7. The molecule has 2 rings (SSSR count). The van der Waals surface area contributed by atoms with Crippen LogP contribution in [0, 0.1) is 0 Å². The molecule has 1 aliphatic heterocycles. The van der Waals surface area contributed by atoms with Gasteiger partial charge in [-0.1, -0.05) is 0 Å². The van der Waals surface area contributed by atoms with Crippen LogP contribution in [0.1, 0.15) is 10.4 Å². The van der Waals surface area contributed by atoms with E-state index in [0.29, 0.717) is 11.3 Å². The van der Waals surface area contributed by atoms with Crippen molar-refractivity contribution in [1.82, 2.24) is 10.9 Å². The molecule has 7 nitrogen and oxygen atoms in total. The van der Waals surface area contributed by atoms with Gasteiger partial charge in [-0.15, -0.1) is 0 Å². The van der Waals surface area contributed by atoms with Crippen molar-refractivity contribution in [2.45, 2.75) is 12.1 Å². The van der Waals surface area contributed by atoms with E-state index in [2.05, 4.69) is 10.9 Å². The number of ether oxygens (including phenoxy) is 1. The van der Waals surface area contributed by atoms with Gasteiger partial charge in [0, 0.05) is 5.56 Å². The average molecular weight is 300 g/mol.